The molecule has 1 aliphatic rings. The largest absolute Gasteiger partial charge is 0.352 e. The first kappa shape index (κ1) is 21.2. The molecule has 0 spiro atoms. The fourth-order valence-electron chi connectivity index (χ4n) is 3.89. The highest BCUT2D eigenvalue weighted by atomic mass is 32.2. The highest BCUT2D eigenvalue weighted by Crippen LogP contribution is 2.31. The van der Waals surface area contributed by atoms with E-state index < -0.39 is 0 Å². The monoisotopic (exact) mass is 441 g/mol. The number of amides is 1. The number of pyridine rings is 1. The molecule has 0 bridgehead atoms. The minimum atomic E-state index is -0.0455. The topological polar surface area (TPSA) is 71.0 Å². The molecule has 1 atom stereocenters. The van der Waals surface area contributed by atoms with Gasteiger partial charge in [-0.3, -0.25) is 4.79 Å². The average molecular weight is 442 g/mol. The van der Waals surface area contributed by atoms with Crippen molar-refractivity contribution in [2.24, 2.45) is 5.92 Å². The first-order chi connectivity index (χ1) is 14.6. The molecule has 158 valence electrons. The van der Waals surface area contributed by atoms with Crippen LogP contribution in [0.3, 0.4) is 0 Å². The molecular formula is C22H27N5OS2. The van der Waals surface area contributed by atoms with Gasteiger partial charge in [-0.1, -0.05) is 36.5 Å². The number of rotatable bonds is 7. The molecule has 4 rings (SSSR count). The first-order valence-corrected chi connectivity index (χ1v) is 12.1. The van der Waals surface area contributed by atoms with Crippen LogP contribution in [0.1, 0.15) is 41.6 Å². The molecule has 30 heavy (non-hydrogen) atoms. The lowest BCUT2D eigenvalue weighted by atomic mass is 10.0. The van der Waals surface area contributed by atoms with Crippen LogP contribution >= 0.6 is 23.1 Å². The summed E-state index contributed by atoms with van der Waals surface area (Å²) < 4.78 is 0.831. The van der Waals surface area contributed by atoms with Crippen molar-refractivity contribution in [3.8, 4) is 0 Å². The highest BCUT2D eigenvalue weighted by molar-refractivity contribution is 8.01. The third-order valence-corrected chi connectivity index (χ3v) is 7.12. The number of hydrogen-bond donors (Lipinski definition) is 1. The van der Waals surface area contributed by atoms with Crippen molar-refractivity contribution in [3.05, 3.63) is 40.9 Å². The van der Waals surface area contributed by atoms with Gasteiger partial charge in [0.25, 0.3) is 5.91 Å². The van der Waals surface area contributed by atoms with E-state index in [0.29, 0.717) is 12.1 Å². The molecular weight excluding hydrogens is 414 g/mol. The number of carbonyl (C=O) groups excluding carboxylic acids is 1. The summed E-state index contributed by atoms with van der Waals surface area (Å²) in [4.78, 5) is 20.2. The smallest absolute Gasteiger partial charge is 0.252 e. The lowest BCUT2D eigenvalue weighted by Gasteiger charge is -2.30. The maximum absolute atomic E-state index is 13.0. The Morgan fingerprint density at radius 3 is 3.00 bits per heavy atom. The minimum Gasteiger partial charge on any atom is -0.352 e. The number of para-hydroxylation sites is 1. The number of aryl methyl sites for hydroxylation is 1. The van der Waals surface area contributed by atoms with Crippen LogP contribution < -0.4 is 5.32 Å². The Bertz CT molecular complexity index is 1020. The van der Waals surface area contributed by atoms with Crippen LogP contribution in [-0.4, -0.2) is 52.2 Å². The standard InChI is InChI=1S/C22H27N5OS2/c1-15-7-5-11-27(14-15)12-6-10-23-21(28)18-13-20(30-22-26-25-16(2)29-22)24-19-9-4-3-8-17(18)19/h3-4,8-9,13,15H,5-7,10-12,14H2,1-2H3,(H,23,28)/t15-/m0/s1. The van der Waals surface area contributed by atoms with Gasteiger partial charge in [0.15, 0.2) is 4.34 Å². The van der Waals surface area contributed by atoms with Crippen molar-refractivity contribution >= 4 is 39.9 Å². The molecule has 1 saturated heterocycles. The van der Waals surface area contributed by atoms with Gasteiger partial charge in [-0.05, 0) is 69.1 Å². The summed E-state index contributed by atoms with van der Waals surface area (Å²) in [6, 6.07) is 9.65. The summed E-state index contributed by atoms with van der Waals surface area (Å²) in [6.07, 6.45) is 3.58. The van der Waals surface area contributed by atoms with Crippen LogP contribution in [0.25, 0.3) is 10.9 Å². The van der Waals surface area contributed by atoms with Crippen LogP contribution in [0.5, 0.6) is 0 Å². The van der Waals surface area contributed by atoms with Gasteiger partial charge < -0.3 is 10.2 Å². The predicted molar refractivity (Wildman–Crippen MR) is 122 cm³/mol. The Morgan fingerprint density at radius 1 is 1.33 bits per heavy atom. The molecule has 0 saturated carbocycles. The van der Waals surface area contributed by atoms with Crippen LogP contribution in [0.4, 0.5) is 0 Å². The van der Waals surface area contributed by atoms with Crippen LogP contribution in [0.2, 0.25) is 0 Å². The van der Waals surface area contributed by atoms with Gasteiger partial charge in [0, 0.05) is 18.5 Å². The number of benzene rings is 1. The van der Waals surface area contributed by atoms with E-state index >= 15 is 0 Å². The first-order valence-electron chi connectivity index (χ1n) is 10.5. The van der Waals surface area contributed by atoms with E-state index in [4.69, 9.17) is 4.98 Å². The van der Waals surface area contributed by atoms with Crippen molar-refractivity contribution in [1.29, 1.82) is 0 Å². The fourth-order valence-corrected chi connectivity index (χ4v) is 5.67. The van der Waals surface area contributed by atoms with Crippen molar-refractivity contribution in [3.63, 3.8) is 0 Å². The Hall–Kier alpha value is -2.03. The second-order valence-corrected chi connectivity index (χ2v) is 10.3. The number of nitrogens with one attached hydrogen (secondary N) is 1. The van der Waals surface area contributed by atoms with E-state index in [-0.39, 0.29) is 5.91 Å². The number of carbonyl (C=O) groups is 1. The number of hydrogen-bond acceptors (Lipinski definition) is 7. The molecule has 0 unspecified atom stereocenters. The van der Waals surface area contributed by atoms with E-state index in [1.54, 1.807) is 0 Å². The molecule has 3 heterocycles. The predicted octanol–water partition coefficient (Wildman–Crippen LogP) is 4.40. The van der Waals surface area contributed by atoms with Gasteiger partial charge >= 0.3 is 0 Å². The summed E-state index contributed by atoms with van der Waals surface area (Å²) in [5.41, 5.74) is 1.48. The Kier molecular flexibility index (Phi) is 6.97. The molecule has 0 aliphatic carbocycles. The minimum absolute atomic E-state index is 0.0455. The number of likely N-dealkylation sites (tertiary alicyclic amines) is 1. The SMILES string of the molecule is Cc1nnc(Sc2cc(C(=O)NCCCN3CCC[C@H](C)C3)c3ccccc3n2)s1. The van der Waals surface area contributed by atoms with Crippen LogP contribution in [-0.2, 0) is 0 Å². The van der Waals surface area contributed by atoms with Crippen LogP contribution in [0, 0.1) is 12.8 Å². The van der Waals surface area contributed by atoms with Gasteiger partial charge in [0.1, 0.15) is 10.0 Å². The second kappa shape index (κ2) is 9.85. The number of aromatic nitrogens is 3. The van der Waals surface area contributed by atoms with Gasteiger partial charge in [0.05, 0.1) is 11.1 Å². The molecule has 1 amide bonds. The van der Waals surface area contributed by atoms with E-state index in [2.05, 4.69) is 27.3 Å². The summed E-state index contributed by atoms with van der Waals surface area (Å²) in [5.74, 6) is 0.736. The van der Waals surface area contributed by atoms with Gasteiger partial charge in [-0.25, -0.2) is 4.98 Å². The highest BCUT2D eigenvalue weighted by Gasteiger charge is 2.17. The van der Waals surface area contributed by atoms with E-state index in [1.807, 2.05) is 37.3 Å². The third kappa shape index (κ3) is 5.36. The number of piperidine rings is 1. The average Bonchev–Trinajstić information content (AvgIpc) is 3.15. The van der Waals surface area contributed by atoms with E-state index in [0.717, 1.165) is 44.2 Å². The Balaban J connectivity index is 1.43. The molecule has 3 aromatic rings. The Labute approximate surface area is 185 Å². The molecule has 0 radical (unpaired) electrons. The van der Waals surface area contributed by atoms with Crippen molar-refractivity contribution in [2.75, 3.05) is 26.2 Å². The normalized spacial score (nSPS) is 17.3. The number of nitrogens with zero attached hydrogens (tertiary/aromatic N) is 4. The zero-order valence-corrected chi connectivity index (χ0v) is 19.1. The summed E-state index contributed by atoms with van der Waals surface area (Å²) in [6.45, 7) is 8.32. The van der Waals surface area contributed by atoms with E-state index in [9.17, 15) is 4.79 Å². The maximum Gasteiger partial charge on any atom is 0.252 e. The summed E-state index contributed by atoms with van der Waals surface area (Å²) >= 11 is 2.98. The molecule has 1 aliphatic heterocycles. The zero-order valence-electron chi connectivity index (χ0n) is 17.4. The van der Waals surface area contributed by atoms with Crippen molar-refractivity contribution < 1.29 is 4.79 Å². The quantitative estimate of drug-likeness (QED) is 0.548. The third-order valence-electron chi connectivity index (χ3n) is 5.31. The molecule has 6 nitrogen and oxygen atoms in total. The summed E-state index contributed by atoms with van der Waals surface area (Å²) in [5, 5.41) is 13.9. The molecule has 1 N–H and O–H groups in total. The lowest BCUT2D eigenvalue weighted by molar-refractivity contribution is 0.0951. The van der Waals surface area contributed by atoms with Crippen LogP contribution in [0.15, 0.2) is 39.7 Å². The molecule has 1 fully saturated rings. The number of fused-ring (bicyclic) bond motifs is 1. The molecule has 2 aromatic heterocycles. The van der Waals surface area contributed by atoms with Crippen molar-refractivity contribution in [2.45, 2.75) is 42.5 Å². The fraction of sp³-hybridized carbons (Fsp3) is 0.455. The molecule has 1 aromatic carbocycles. The molecule has 8 heteroatoms. The van der Waals surface area contributed by atoms with Crippen molar-refractivity contribution in [1.82, 2.24) is 25.4 Å². The second-order valence-electron chi connectivity index (χ2n) is 7.87. The van der Waals surface area contributed by atoms with Gasteiger partial charge in [0.2, 0.25) is 0 Å². The Morgan fingerprint density at radius 2 is 2.20 bits per heavy atom. The van der Waals surface area contributed by atoms with Gasteiger partial charge in [-0.15, -0.1) is 10.2 Å². The lowest BCUT2D eigenvalue weighted by Crippen LogP contribution is -2.36. The van der Waals surface area contributed by atoms with Gasteiger partial charge in [-0.2, -0.15) is 0 Å². The maximum atomic E-state index is 13.0. The zero-order chi connectivity index (χ0) is 20.9. The van der Waals surface area contributed by atoms with E-state index in [1.165, 1.54) is 49.0 Å². The summed E-state index contributed by atoms with van der Waals surface area (Å²) in [7, 11) is 0.